The average Bonchev–Trinajstić information content (AvgIpc) is 2.84. The van der Waals surface area contributed by atoms with Crippen molar-refractivity contribution in [3.8, 4) is 17.2 Å². The van der Waals surface area contributed by atoms with Crippen molar-refractivity contribution in [2.75, 3.05) is 12.9 Å². The SMILES string of the molecule is COc1ccc(-n2c(SCC(=O)N/N=C\c3ccccc3O)nc3ccccc3c2=O)cc1. The van der Waals surface area contributed by atoms with Gasteiger partial charge in [0.2, 0.25) is 0 Å². The number of hydrogen-bond acceptors (Lipinski definition) is 7. The van der Waals surface area contributed by atoms with Crippen molar-refractivity contribution in [3.05, 3.63) is 88.7 Å². The largest absolute Gasteiger partial charge is 0.507 e. The number of aromatic hydroxyl groups is 1. The molecule has 0 spiro atoms. The molecule has 2 N–H and O–H groups in total. The summed E-state index contributed by atoms with van der Waals surface area (Å²) in [6.45, 7) is 0. The van der Waals surface area contributed by atoms with Crippen molar-refractivity contribution in [1.29, 1.82) is 0 Å². The molecule has 4 rings (SSSR count). The smallest absolute Gasteiger partial charge is 0.266 e. The number of carbonyl (C=O) groups excluding carboxylic acids is 1. The van der Waals surface area contributed by atoms with Crippen molar-refractivity contribution in [3.63, 3.8) is 0 Å². The molecular weight excluding hydrogens is 440 g/mol. The van der Waals surface area contributed by atoms with E-state index in [0.29, 0.717) is 33.1 Å². The first-order valence-corrected chi connectivity index (χ1v) is 10.9. The van der Waals surface area contributed by atoms with Crippen LogP contribution in [0.4, 0.5) is 0 Å². The van der Waals surface area contributed by atoms with Crippen molar-refractivity contribution >= 4 is 34.8 Å². The molecule has 0 fully saturated rings. The molecule has 1 heterocycles. The first kappa shape index (κ1) is 22.1. The number of methoxy groups -OCH3 is 1. The Morgan fingerprint density at radius 1 is 1.12 bits per heavy atom. The fourth-order valence-corrected chi connectivity index (χ4v) is 3.91. The van der Waals surface area contributed by atoms with Crippen LogP contribution in [0.5, 0.6) is 11.5 Å². The minimum absolute atomic E-state index is 0.0148. The number of fused-ring (bicyclic) bond motifs is 1. The van der Waals surface area contributed by atoms with Crippen molar-refractivity contribution in [1.82, 2.24) is 15.0 Å². The lowest BCUT2D eigenvalue weighted by molar-refractivity contribution is -0.118. The highest BCUT2D eigenvalue weighted by molar-refractivity contribution is 7.99. The molecule has 0 saturated carbocycles. The van der Waals surface area contributed by atoms with Crippen LogP contribution in [0.25, 0.3) is 16.6 Å². The maximum Gasteiger partial charge on any atom is 0.266 e. The molecule has 9 heteroatoms. The summed E-state index contributed by atoms with van der Waals surface area (Å²) in [5.74, 6) is 0.333. The van der Waals surface area contributed by atoms with E-state index in [0.717, 1.165) is 11.8 Å². The van der Waals surface area contributed by atoms with E-state index < -0.39 is 0 Å². The number of phenolic OH excluding ortho intramolecular Hbond substituents is 1. The van der Waals surface area contributed by atoms with Crippen LogP contribution in [-0.2, 0) is 4.79 Å². The third-order valence-corrected chi connectivity index (χ3v) is 5.68. The van der Waals surface area contributed by atoms with Gasteiger partial charge in [0.05, 0.1) is 35.7 Å². The normalized spacial score (nSPS) is 11.1. The second-order valence-electron chi connectivity index (χ2n) is 6.89. The number of hydrazone groups is 1. The Balaban J connectivity index is 1.58. The zero-order chi connectivity index (χ0) is 23.2. The van der Waals surface area contributed by atoms with Gasteiger partial charge in [0, 0.05) is 5.56 Å². The summed E-state index contributed by atoms with van der Waals surface area (Å²) < 4.78 is 6.68. The van der Waals surface area contributed by atoms with Crippen LogP contribution in [0.3, 0.4) is 0 Å². The minimum atomic E-state index is -0.379. The lowest BCUT2D eigenvalue weighted by Gasteiger charge is -2.13. The summed E-state index contributed by atoms with van der Waals surface area (Å²) >= 11 is 1.12. The maximum absolute atomic E-state index is 13.2. The first-order valence-electron chi connectivity index (χ1n) is 9.96. The second kappa shape index (κ2) is 10.0. The van der Waals surface area contributed by atoms with E-state index in [1.165, 1.54) is 16.8 Å². The molecule has 0 bridgehead atoms. The highest BCUT2D eigenvalue weighted by Gasteiger charge is 2.15. The second-order valence-corrected chi connectivity index (χ2v) is 7.83. The molecule has 0 atom stereocenters. The Labute approximate surface area is 193 Å². The van der Waals surface area contributed by atoms with E-state index in [1.807, 2.05) is 0 Å². The molecule has 1 amide bonds. The van der Waals surface area contributed by atoms with E-state index in [2.05, 4.69) is 15.5 Å². The lowest BCUT2D eigenvalue weighted by atomic mass is 10.2. The monoisotopic (exact) mass is 460 g/mol. The quantitative estimate of drug-likeness (QED) is 0.190. The Morgan fingerprint density at radius 3 is 2.61 bits per heavy atom. The number of ether oxygens (including phenoxy) is 1. The van der Waals surface area contributed by atoms with Crippen LogP contribution in [0.2, 0.25) is 0 Å². The standard InChI is InChI=1S/C24H20N4O4S/c1-32-18-12-10-17(11-13-18)28-23(31)19-7-3-4-8-20(19)26-24(28)33-15-22(30)27-25-14-16-6-2-5-9-21(16)29/h2-14,29H,15H2,1H3,(H,27,30)/b25-14-. The van der Waals surface area contributed by atoms with E-state index in [1.54, 1.807) is 73.8 Å². The molecule has 0 aliphatic heterocycles. The zero-order valence-corrected chi connectivity index (χ0v) is 18.5. The Morgan fingerprint density at radius 2 is 1.85 bits per heavy atom. The van der Waals surface area contributed by atoms with Gasteiger partial charge in [-0.25, -0.2) is 10.4 Å². The van der Waals surface area contributed by atoms with E-state index in [4.69, 9.17) is 4.74 Å². The van der Waals surface area contributed by atoms with Gasteiger partial charge in [-0.2, -0.15) is 5.10 Å². The highest BCUT2D eigenvalue weighted by Crippen LogP contribution is 2.22. The summed E-state index contributed by atoms with van der Waals surface area (Å²) in [5.41, 5.74) is 3.83. The molecule has 0 unspecified atom stereocenters. The number of thioether (sulfide) groups is 1. The van der Waals surface area contributed by atoms with Crippen LogP contribution >= 0.6 is 11.8 Å². The fourth-order valence-electron chi connectivity index (χ4n) is 3.10. The number of amides is 1. The molecular formula is C24H20N4O4S. The van der Waals surface area contributed by atoms with Gasteiger partial charge in [-0.15, -0.1) is 0 Å². The van der Waals surface area contributed by atoms with Crippen LogP contribution < -0.4 is 15.7 Å². The third kappa shape index (κ3) is 5.04. The predicted octanol–water partition coefficient (Wildman–Crippen LogP) is 3.34. The number of aromatic nitrogens is 2. The Bertz CT molecular complexity index is 1380. The summed E-state index contributed by atoms with van der Waals surface area (Å²) in [7, 11) is 1.57. The number of para-hydroxylation sites is 2. The number of rotatable bonds is 7. The fraction of sp³-hybridized carbons (Fsp3) is 0.0833. The summed E-state index contributed by atoms with van der Waals surface area (Å²) in [5, 5.41) is 14.5. The van der Waals surface area contributed by atoms with E-state index in [9.17, 15) is 14.7 Å². The van der Waals surface area contributed by atoms with Crippen molar-refractivity contribution < 1.29 is 14.6 Å². The van der Waals surface area contributed by atoms with Crippen LogP contribution in [-0.4, -0.2) is 39.6 Å². The molecule has 4 aromatic rings. The number of carbonyl (C=O) groups is 1. The molecule has 0 aliphatic rings. The number of hydrogen-bond donors (Lipinski definition) is 2. The van der Waals surface area contributed by atoms with Gasteiger partial charge in [-0.05, 0) is 48.5 Å². The first-order chi connectivity index (χ1) is 16.1. The molecule has 1 aromatic heterocycles. The number of phenols is 1. The summed E-state index contributed by atoms with van der Waals surface area (Å²) in [6, 6.07) is 20.8. The highest BCUT2D eigenvalue weighted by atomic mass is 32.2. The van der Waals surface area contributed by atoms with Gasteiger partial charge >= 0.3 is 0 Å². The van der Waals surface area contributed by atoms with Gasteiger partial charge < -0.3 is 9.84 Å². The van der Waals surface area contributed by atoms with Gasteiger partial charge in [0.25, 0.3) is 11.5 Å². The van der Waals surface area contributed by atoms with Crippen LogP contribution in [0.15, 0.2) is 87.8 Å². The third-order valence-electron chi connectivity index (χ3n) is 4.74. The topological polar surface area (TPSA) is 106 Å². The predicted molar refractivity (Wildman–Crippen MR) is 128 cm³/mol. The Hall–Kier alpha value is -4.11. The lowest BCUT2D eigenvalue weighted by Crippen LogP contribution is -2.24. The Kier molecular flexibility index (Phi) is 6.70. The summed E-state index contributed by atoms with van der Waals surface area (Å²) in [6.07, 6.45) is 1.36. The van der Waals surface area contributed by atoms with Gasteiger partial charge in [-0.1, -0.05) is 36.0 Å². The molecule has 0 radical (unpaired) electrons. The van der Waals surface area contributed by atoms with E-state index >= 15 is 0 Å². The molecule has 3 aromatic carbocycles. The van der Waals surface area contributed by atoms with Crippen molar-refractivity contribution in [2.45, 2.75) is 5.16 Å². The molecule has 166 valence electrons. The van der Waals surface area contributed by atoms with E-state index in [-0.39, 0.29) is 23.0 Å². The summed E-state index contributed by atoms with van der Waals surface area (Å²) in [4.78, 5) is 30.2. The van der Waals surface area contributed by atoms with Crippen LogP contribution in [0.1, 0.15) is 5.56 Å². The van der Waals surface area contributed by atoms with Crippen LogP contribution in [0, 0.1) is 0 Å². The molecule has 0 saturated heterocycles. The van der Waals surface area contributed by atoms with Gasteiger partial charge in [-0.3, -0.25) is 14.2 Å². The molecule has 0 aliphatic carbocycles. The maximum atomic E-state index is 13.2. The van der Waals surface area contributed by atoms with Gasteiger partial charge in [0.1, 0.15) is 11.5 Å². The molecule has 8 nitrogen and oxygen atoms in total. The van der Waals surface area contributed by atoms with Gasteiger partial charge in [0.15, 0.2) is 5.16 Å². The van der Waals surface area contributed by atoms with Crippen molar-refractivity contribution in [2.24, 2.45) is 5.10 Å². The average molecular weight is 461 g/mol. The number of nitrogens with one attached hydrogen (secondary N) is 1. The number of benzene rings is 3. The minimum Gasteiger partial charge on any atom is -0.507 e. The molecule has 33 heavy (non-hydrogen) atoms. The number of nitrogens with zero attached hydrogens (tertiary/aromatic N) is 3. The zero-order valence-electron chi connectivity index (χ0n) is 17.6.